The second-order valence-electron chi connectivity index (χ2n) is 15.6. The van der Waals surface area contributed by atoms with Gasteiger partial charge in [0, 0.05) is 17.1 Å². The lowest BCUT2D eigenvalue weighted by molar-refractivity contribution is -0.0782. The second-order valence-corrected chi connectivity index (χ2v) is 15.6. The first kappa shape index (κ1) is 37.6. The van der Waals surface area contributed by atoms with E-state index in [1.807, 2.05) is 32.0 Å². The van der Waals surface area contributed by atoms with Crippen LogP contribution in [0.3, 0.4) is 0 Å². The highest BCUT2D eigenvalue weighted by atomic mass is 16.5. The Hall–Kier alpha value is -2.82. The van der Waals surface area contributed by atoms with Crippen LogP contribution in [0.15, 0.2) is 67.1 Å². The molecule has 46 heavy (non-hydrogen) atoms. The fourth-order valence-electron chi connectivity index (χ4n) is 9.84. The molecule has 5 heteroatoms. The van der Waals surface area contributed by atoms with E-state index >= 15 is 0 Å². The molecule has 0 amide bonds. The van der Waals surface area contributed by atoms with Gasteiger partial charge in [-0.2, -0.15) is 0 Å². The van der Waals surface area contributed by atoms with Crippen LogP contribution in [0.4, 0.5) is 11.4 Å². The average Bonchev–Trinajstić information content (AvgIpc) is 3.37. The molecule has 5 rings (SSSR count). The number of hydrogen-bond donors (Lipinski definition) is 4. The Morgan fingerprint density at radius 2 is 1.63 bits per heavy atom. The molecule has 0 aromatic heterocycles. The maximum absolute atomic E-state index is 6.43. The van der Waals surface area contributed by atoms with Crippen LogP contribution in [0.2, 0.25) is 0 Å². The van der Waals surface area contributed by atoms with Gasteiger partial charge in [0.2, 0.25) is 0 Å². The SMILES string of the molecule is C=C/C(N)=C\C(=C)N.CC.CC(C)CCCC(C)C1CCC2C3C=CC4CC(Oc5ccc(N)cc5N)CCC4(C)C3CCC12C. The summed E-state index contributed by atoms with van der Waals surface area (Å²) in [6, 6.07) is 5.64. The van der Waals surface area contributed by atoms with E-state index in [1.54, 1.807) is 6.08 Å². The lowest BCUT2D eigenvalue weighted by Crippen LogP contribution is -2.52. The molecule has 0 spiro atoms. The maximum Gasteiger partial charge on any atom is 0.142 e. The largest absolute Gasteiger partial charge is 0.488 e. The van der Waals surface area contributed by atoms with E-state index < -0.39 is 0 Å². The van der Waals surface area contributed by atoms with Crippen molar-refractivity contribution in [3.63, 3.8) is 0 Å². The fourth-order valence-corrected chi connectivity index (χ4v) is 9.84. The summed E-state index contributed by atoms with van der Waals surface area (Å²) < 4.78 is 6.43. The summed E-state index contributed by atoms with van der Waals surface area (Å²) in [5.41, 5.74) is 25.8. The van der Waals surface area contributed by atoms with Crippen molar-refractivity contribution in [2.45, 2.75) is 119 Å². The second kappa shape index (κ2) is 16.3. The monoisotopic (exact) mass is 633 g/mol. The number of rotatable bonds is 9. The number of hydrogen-bond acceptors (Lipinski definition) is 5. The fraction of sp³-hybridized carbons (Fsp3) is 0.659. The van der Waals surface area contributed by atoms with Crippen LogP contribution in [0.25, 0.3) is 0 Å². The number of ether oxygens (including phenoxy) is 1. The quantitative estimate of drug-likeness (QED) is 0.123. The van der Waals surface area contributed by atoms with Gasteiger partial charge in [-0.1, -0.05) is 93.0 Å². The highest BCUT2D eigenvalue weighted by Gasteiger charge is 2.59. The normalized spacial score (nSPS) is 33.6. The van der Waals surface area contributed by atoms with Crippen molar-refractivity contribution < 1.29 is 4.74 Å². The summed E-state index contributed by atoms with van der Waals surface area (Å²) in [5, 5.41) is 0. The molecule has 0 heterocycles. The smallest absolute Gasteiger partial charge is 0.142 e. The van der Waals surface area contributed by atoms with Gasteiger partial charge >= 0.3 is 0 Å². The molecule has 4 aliphatic carbocycles. The molecular weight excluding hydrogens is 564 g/mol. The average molecular weight is 633 g/mol. The van der Waals surface area contributed by atoms with Gasteiger partial charge in [-0.3, -0.25) is 0 Å². The highest BCUT2D eigenvalue weighted by Crippen LogP contribution is 2.67. The van der Waals surface area contributed by atoms with Gasteiger partial charge in [0.15, 0.2) is 0 Å². The minimum Gasteiger partial charge on any atom is -0.488 e. The number of benzene rings is 1. The first-order valence-electron chi connectivity index (χ1n) is 18.3. The van der Waals surface area contributed by atoms with Crippen molar-refractivity contribution in [1.82, 2.24) is 0 Å². The van der Waals surface area contributed by atoms with Gasteiger partial charge < -0.3 is 27.7 Å². The molecule has 4 aliphatic rings. The van der Waals surface area contributed by atoms with Crippen LogP contribution in [-0.2, 0) is 0 Å². The molecular formula is C41H68N4O. The van der Waals surface area contributed by atoms with Crippen LogP contribution in [0.1, 0.15) is 113 Å². The summed E-state index contributed by atoms with van der Waals surface area (Å²) in [6.45, 7) is 23.5. The van der Waals surface area contributed by atoms with Crippen molar-refractivity contribution in [2.75, 3.05) is 11.5 Å². The van der Waals surface area contributed by atoms with E-state index in [4.69, 9.17) is 27.7 Å². The number of allylic oxidation sites excluding steroid dienone is 4. The van der Waals surface area contributed by atoms with E-state index in [0.29, 0.717) is 39.5 Å². The maximum atomic E-state index is 6.43. The minimum atomic E-state index is 0.242. The molecule has 8 N–H and O–H groups in total. The van der Waals surface area contributed by atoms with E-state index in [2.05, 4.69) is 59.9 Å². The summed E-state index contributed by atoms with van der Waals surface area (Å²) in [4.78, 5) is 0. The zero-order valence-electron chi connectivity index (χ0n) is 30.4. The number of anilines is 2. The Morgan fingerprint density at radius 1 is 0.957 bits per heavy atom. The van der Waals surface area contributed by atoms with Gasteiger partial charge in [-0.15, -0.1) is 0 Å². The van der Waals surface area contributed by atoms with E-state index in [1.165, 1.54) is 57.4 Å². The van der Waals surface area contributed by atoms with Crippen LogP contribution in [-0.4, -0.2) is 6.10 Å². The van der Waals surface area contributed by atoms with Crippen molar-refractivity contribution in [2.24, 2.45) is 63.7 Å². The van der Waals surface area contributed by atoms with Gasteiger partial charge in [0.1, 0.15) is 5.75 Å². The van der Waals surface area contributed by atoms with Gasteiger partial charge in [-0.05, 0) is 128 Å². The van der Waals surface area contributed by atoms with Crippen molar-refractivity contribution in [3.05, 3.63) is 67.1 Å². The molecule has 5 nitrogen and oxygen atoms in total. The van der Waals surface area contributed by atoms with Gasteiger partial charge in [0.05, 0.1) is 11.8 Å². The Morgan fingerprint density at radius 3 is 2.24 bits per heavy atom. The predicted molar refractivity (Wildman–Crippen MR) is 200 cm³/mol. The zero-order chi connectivity index (χ0) is 34.2. The van der Waals surface area contributed by atoms with Crippen molar-refractivity contribution in [3.8, 4) is 5.75 Å². The molecule has 3 fully saturated rings. The van der Waals surface area contributed by atoms with Crippen LogP contribution >= 0.6 is 0 Å². The van der Waals surface area contributed by atoms with E-state index in [-0.39, 0.29) is 6.10 Å². The number of fused-ring (bicyclic) bond motifs is 5. The molecule has 1 aromatic carbocycles. The molecule has 0 bridgehead atoms. The zero-order valence-corrected chi connectivity index (χ0v) is 30.4. The van der Waals surface area contributed by atoms with Crippen molar-refractivity contribution in [1.29, 1.82) is 0 Å². The Labute approximate surface area is 282 Å². The molecule has 0 saturated heterocycles. The van der Waals surface area contributed by atoms with Crippen LogP contribution in [0.5, 0.6) is 5.75 Å². The summed E-state index contributed by atoms with van der Waals surface area (Å²) in [6.07, 6.45) is 22.1. The summed E-state index contributed by atoms with van der Waals surface area (Å²) in [7, 11) is 0. The third-order valence-corrected chi connectivity index (χ3v) is 12.2. The lowest BCUT2D eigenvalue weighted by atomic mass is 9.46. The predicted octanol–water partition coefficient (Wildman–Crippen LogP) is 10.0. The number of nitrogen functional groups attached to an aromatic ring is 2. The first-order valence-corrected chi connectivity index (χ1v) is 18.3. The van der Waals surface area contributed by atoms with E-state index in [9.17, 15) is 0 Å². The van der Waals surface area contributed by atoms with Gasteiger partial charge in [-0.25, -0.2) is 0 Å². The molecule has 3 saturated carbocycles. The highest BCUT2D eigenvalue weighted by molar-refractivity contribution is 5.60. The standard InChI is InChI=1S/C33H52N2O.C6H10N2.C2H6/c1-21(2)7-6-8-22(3)27-12-13-28-26-11-9-23-19-25(36-31-14-10-24(34)20-30(31)35)15-17-32(23,4)29(26)16-18-33(27,28)5;1-3-6(8)4-5(2)7;1-2/h9-11,14,20-23,25-29H,6-8,12-13,15-19,34-35H2,1-5H3;3-4H,1-2,7-8H2;1-2H3/b;6-4+;. The Balaban J connectivity index is 0.000000505. The minimum absolute atomic E-state index is 0.242. The van der Waals surface area contributed by atoms with Gasteiger partial charge in [0.25, 0.3) is 0 Å². The Kier molecular flexibility index (Phi) is 13.4. The van der Waals surface area contributed by atoms with Crippen molar-refractivity contribution >= 4 is 11.4 Å². The summed E-state index contributed by atoms with van der Waals surface area (Å²) in [5.74, 6) is 6.54. The molecule has 1 aromatic rings. The Bertz CT molecular complexity index is 1220. The third-order valence-electron chi connectivity index (χ3n) is 12.2. The first-order chi connectivity index (χ1) is 21.8. The molecule has 258 valence electrons. The van der Waals surface area contributed by atoms with Crippen LogP contribution < -0.4 is 27.7 Å². The molecule has 9 atom stereocenters. The summed E-state index contributed by atoms with van der Waals surface area (Å²) >= 11 is 0. The lowest BCUT2D eigenvalue weighted by Gasteiger charge is -2.59. The molecule has 9 unspecified atom stereocenters. The molecule has 0 aliphatic heterocycles. The van der Waals surface area contributed by atoms with Crippen LogP contribution in [0, 0.1) is 52.3 Å². The topological polar surface area (TPSA) is 113 Å². The van der Waals surface area contributed by atoms with E-state index in [0.717, 1.165) is 54.1 Å². The molecule has 0 radical (unpaired) electrons. The number of nitrogens with two attached hydrogens (primary N) is 4. The third kappa shape index (κ3) is 8.55.